The molecule has 0 fully saturated rings. The van der Waals surface area contributed by atoms with Gasteiger partial charge in [0.2, 0.25) is 0 Å². The molecule has 0 amide bonds. The highest BCUT2D eigenvalue weighted by atomic mass is 32.1. The second-order valence-corrected chi connectivity index (χ2v) is 5.89. The van der Waals surface area contributed by atoms with Crippen molar-refractivity contribution in [3.63, 3.8) is 0 Å². The van der Waals surface area contributed by atoms with Crippen LogP contribution in [0.25, 0.3) is 0 Å². The van der Waals surface area contributed by atoms with Crippen LogP contribution >= 0.6 is 11.3 Å². The Balaban J connectivity index is 2.16. The number of rotatable bonds is 5. The van der Waals surface area contributed by atoms with Gasteiger partial charge in [0.25, 0.3) is 0 Å². The minimum absolute atomic E-state index is 0.170. The van der Waals surface area contributed by atoms with E-state index in [4.69, 9.17) is 5.73 Å². The molecule has 0 bridgehead atoms. The second kappa shape index (κ2) is 6.21. The van der Waals surface area contributed by atoms with Crippen LogP contribution in [-0.4, -0.2) is 21.0 Å². The molecule has 4 nitrogen and oxygen atoms in total. The van der Waals surface area contributed by atoms with E-state index in [9.17, 15) is 0 Å². The number of aromatic nitrogens is 3. The van der Waals surface area contributed by atoms with E-state index in [1.807, 2.05) is 19.9 Å². The van der Waals surface area contributed by atoms with Gasteiger partial charge in [0, 0.05) is 29.2 Å². The van der Waals surface area contributed by atoms with E-state index in [2.05, 4.69) is 27.3 Å². The fourth-order valence-electron chi connectivity index (χ4n) is 1.95. The highest BCUT2D eigenvalue weighted by Crippen LogP contribution is 2.12. The van der Waals surface area contributed by atoms with Gasteiger partial charge in [0.05, 0.1) is 17.1 Å². The molecule has 0 aliphatic carbocycles. The summed E-state index contributed by atoms with van der Waals surface area (Å²) in [5.74, 6) is 0.837. The molecule has 2 heterocycles. The van der Waals surface area contributed by atoms with E-state index in [0.717, 1.165) is 40.8 Å². The average Bonchev–Trinajstić information content (AvgIpc) is 2.73. The molecule has 0 saturated heterocycles. The Labute approximate surface area is 118 Å². The summed E-state index contributed by atoms with van der Waals surface area (Å²) >= 11 is 1.66. The number of nitrogens with two attached hydrogens (primary N) is 1. The summed E-state index contributed by atoms with van der Waals surface area (Å²) in [5.41, 5.74) is 9.06. The Kier molecular flexibility index (Phi) is 4.61. The van der Waals surface area contributed by atoms with E-state index < -0.39 is 0 Å². The second-order valence-electron chi connectivity index (χ2n) is 4.82. The van der Waals surface area contributed by atoms with E-state index >= 15 is 0 Å². The summed E-state index contributed by atoms with van der Waals surface area (Å²) in [6, 6.07) is 2.19. The molecule has 5 heteroatoms. The third kappa shape index (κ3) is 4.08. The summed E-state index contributed by atoms with van der Waals surface area (Å²) in [6.45, 7) is 6.10. The zero-order chi connectivity index (χ0) is 13.8. The lowest BCUT2D eigenvalue weighted by Gasteiger charge is -2.09. The molecule has 0 aromatic carbocycles. The van der Waals surface area contributed by atoms with Crippen LogP contribution in [0.2, 0.25) is 0 Å². The van der Waals surface area contributed by atoms with Gasteiger partial charge in [-0.05, 0) is 26.3 Å². The SMILES string of the molecule is CCC(N)Cc1cc(C)nc(Cc2csc(C)n2)n1. The van der Waals surface area contributed by atoms with Crippen molar-refractivity contribution >= 4 is 11.3 Å². The van der Waals surface area contributed by atoms with Crippen molar-refractivity contribution in [2.75, 3.05) is 0 Å². The summed E-state index contributed by atoms with van der Waals surface area (Å²) < 4.78 is 0. The molecule has 0 saturated carbocycles. The largest absolute Gasteiger partial charge is 0.327 e. The summed E-state index contributed by atoms with van der Waals surface area (Å²) in [7, 11) is 0. The van der Waals surface area contributed by atoms with Crippen LogP contribution in [-0.2, 0) is 12.8 Å². The Bertz CT molecular complexity index is 550. The standard InChI is InChI=1S/C14H20N4S/c1-4-11(15)6-12-5-9(2)16-14(18-12)7-13-8-19-10(3)17-13/h5,8,11H,4,6-7,15H2,1-3H3. The van der Waals surface area contributed by atoms with Crippen LogP contribution in [0.15, 0.2) is 11.4 Å². The third-order valence-electron chi connectivity index (χ3n) is 2.96. The smallest absolute Gasteiger partial charge is 0.134 e. The lowest BCUT2D eigenvalue weighted by molar-refractivity contribution is 0.632. The maximum Gasteiger partial charge on any atom is 0.134 e. The fraction of sp³-hybridized carbons (Fsp3) is 0.500. The maximum absolute atomic E-state index is 5.99. The predicted octanol–water partition coefficient (Wildman–Crippen LogP) is 2.42. The first-order valence-corrected chi connectivity index (χ1v) is 7.44. The first-order chi connectivity index (χ1) is 9.06. The molecule has 102 valence electrons. The number of nitrogens with zero attached hydrogens (tertiary/aromatic N) is 3. The predicted molar refractivity (Wildman–Crippen MR) is 78.4 cm³/mol. The summed E-state index contributed by atoms with van der Waals surface area (Å²) in [5, 5.41) is 3.15. The van der Waals surface area contributed by atoms with Crippen molar-refractivity contribution in [3.8, 4) is 0 Å². The van der Waals surface area contributed by atoms with Gasteiger partial charge in [-0.25, -0.2) is 15.0 Å². The van der Waals surface area contributed by atoms with E-state index in [1.54, 1.807) is 11.3 Å². The Morgan fingerprint density at radius 1 is 1.21 bits per heavy atom. The maximum atomic E-state index is 5.99. The summed E-state index contributed by atoms with van der Waals surface area (Å²) in [6.07, 6.45) is 2.47. The van der Waals surface area contributed by atoms with Crippen LogP contribution in [0.5, 0.6) is 0 Å². The van der Waals surface area contributed by atoms with Gasteiger partial charge in [-0.3, -0.25) is 0 Å². The van der Waals surface area contributed by atoms with Crippen molar-refractivity contribution in [2.45, 2.75) is 46.1 Å². The number of hydrogen-bond donors (Lipinski definition) is 1. The Hall–Kier alpha value is -1.33. The molecule has 1 unspecified atom stereocenters. The van der Waals surface area contributed by atoms with Crippen LogP contribution in [0.3, 0.4) is 0 Å². The van der Waals surface area contributed by atoms with Crippen molar-refractivity contribution in [2.24, 2.45) is 5.73 Å². The molecule has 2 N–H and O–H groups in total. The van der Waals surface area contributed by atoms with E-state index in [-0.39, 0.29) is 6.04 Å². The number of thiazole rings is 1. The molecule has 0 aliphatic heterocycles. The zero-order valence-electron chi connectivity index (χ0n) is 11.7. The minimum Gasteiger partial charge on any atom is -0.327 e. The number of aryl methyl sites for hydroxylation is 2. The lowest BCUT2D eigenvalue weighted by Crippen LogP contribution is -2.22. The first-order valence-electron chi connectivity index (χ1n) is 6.57. The van der Waals surface area contributed by atoms with Gasteiger partial charge in [0.15, 0.2) is 0 Å². The highest BCUT2D eigenvalue weighted by molar-refractivity contribution is 7.09. The van der Waals surface area contributed by atoms with E-state index in [0.29, 0.717) is 6.42 Å². The van der Waals surface area contributed by atoms with Crippen molar-refractivity contribution in [1.29, 1.82) is 0 Å². The molecule has 2 rings (SSSR count). The highest BCUT2D eigenvalue weighted by Gasteiger charge is 2.08. The number of hydrogen-bond acceptors (Lipinski definition) is 5. The zero-order valence-corrected chi connectivity index (χ0v) is 12.5. The lowest BCUT2D eigenvalue weighted by atomic mass is 10.1. The van der Waals surface area contributed by atoms with Gasteiger partial charge in [0.1, 0.15) is 5.82 Å². The monoisotopic (exact) mass is 276 g/mol. The molecule has 1 atom stereocenters. The van der Waals surface area contributed by atoms with E-state index in [1.165, 1.54) is 0 Å². The van der Waals surface area contributed by atoms with Crippen LogP contribution in [0, 0.1) is 13.8 Å². The molecule has 2 aromatic rings. The molecule has 0 spiro atoms. The van der Waals surface area contributed by atoms with Crippen LogP contribution in [0.1, 0.15) is 41.3 Å². The fourth-order valence-corrected chi connectivity index (χ4v) is 2.56. The molecular weight excluding hydrogens is 256 g/mol. The third-order valence-corrected chi connectivity index (χ3v) is 3.78. The van der Waals surface area contributed by atoms with Gasteiger partial charge < -0.3 is 5.73 Å². The normalized spacial score (nSPS) is 12.6. The molecule has 19 heavy (non-hydrogen) atoms. The molecule has 2 aromatic heterocycles. The Morgan fingerprint density at radius 2 is 2.00 bits per heavy atom. The van der Waals surface area contributed by atoms with Crippen LogP contribution < -0.4 is 5.73 Å². The van der Waals surface area contributed by atoms with Crippen LogP contribution in [0.4, 0.5) is 0 Å². The Morgan fingerprint density at radius 3 is 2.63 bits per heavy atom. The average molecular weight is 276 g/mol. The molecule has 0 aliphatic rings. The van der Waals surface area contributed by atoms with Gasteiger partial charge in [-0.1, -0.05) is 6.92 Å². The minimum atomic E-state index is 0.170. The van der Waals surface area contributed by atoms with Crippen molar-refractivity contribution < 1.29 is 0 Å². The van der Waals surface area contributed by atoms with Crippen molar-refractivity contribution in [3.05, 3.63) is 39.4 Å². The van der Waals surface area contributed by atoms with Gasteiger partial charge in [-0.2, -0.15) is 0 Å². The summed E-state index contributed by atoms with van der Waals surface area (Å²) in [4.78, 5) is 13.5. The van der Waals surface area contributed by atoms with Gasteiger partial charge in [-0.15, -0.1) is 11.3 Å². The first kappa shape index (κ1) is 14.1. The van der Waals surface area contributed by atoms with Gasteiger partial charge >= 0.3 is 0 Å². The molecule has 0 radical (unpaired) electrons. The van der Waals surface area contributed by atoms with Crippen molar-refractivity contribution in [1.82, 2.24) is 15.0 Å². The topological polar surface area (TPSA) is 64.7 Å². The molecular formula is C14H20N4S. The quantitative estimate of drug-likeness (QED) is 0.911.